The summed E-state index contributed by atoms with van der Waals surface area (Å²) in [5.74, 6) is 0. The molecule has 0 radical (unpaired) electrons. The minimum Gasteiger partial charge on any atom is -0.411 e. The molecule has 4 nitrogen and oxygen atoms in total. The van der Waals surface area contributed by atoms with Crippen molar-refractivity contribution in [1.29, 1.82) is 0 Å². The van der Waals surface area contributed by atoms with Crippen LogP contribution >= 0.6 is 15.9 Å². The monoisotopic (exact) mass is 348 g/mol. The van der Waals surface area contributed by atoms with Gasteiger partial charge in [-0.2, -0.15) is 5.10 Å². The van der Waals surface area contributed by atoms with Crippen LogP contribution in [-0.2, 0) is 22.3 Å². The van der Waals surface area contributed by atoms with E-state index in [1.807, 2.05) is 10.9 Å². The molecule has 6 heteroatoms. The van der Waals surface area contributed by atoms with Gasteiger partial charge < -0.3 is 9.16 Å². The molecule has 0 saturated carbocycles. The van der Waals surface area contributed by atoms with Gasteiger partial charge in [0.2, 0.25) is 0 Å². The molecule has 0 fully saturated rings. The third-order valence-corrected chi connectivity index (χ3v) is 8.83. The van der Waals surface area contributed by atoms with Crippen LogP contribution in [0.4, 0.5) is 0 Å². The molecular weight excluding hydrogens is 324 g/mol. The average Bonchev–Trinajstić information content (AvgIpc) is 2.63. The van der Waals surface area contributed by atoms with E-state index in [2.05, 4.69) is 54.9 Å². The van der Waals surface area contributed by atoms with E-state index >= 15 is 0 Å². The van der Waals surface area contributed by atoms with Gasteiger partial charge in [0.15, 0.2) is 8.32 Å². The van der Waals surface area contributed by atoms with Crippen LogP contribution in [0.5, 0.6) is 0 Å². The number of hydrogen-bond donors (Lipinski definition) is 0. The Bertz CT molecular complexity index is 413. The molecule has 0 unspecified atom stereocenters. The standard InChI is InChI=1S/C13H25BrN2O2Si/c1-13(2,3)19(5,6)18-10-12-11(14)9-16(15-12)7-8-17-4/h9H,7-8,10H2,1-6H3. The van der Waals surface area contributed by atoms with Crippen LogP contribution in [0.1, 0.15) is 26.5 Å². The zero-order valence-electron chi connectivity index (χ0n) is 12.8. The molecule has 0 aliphatic rings. The van der Waals surface area contributed by atoms with Gasteiger partial charge in [-0.1, -0.05) is 20.8 Å². The van der Waals surface area contributed by atoms with Crippen molar-refractivity contribution in [2.45, 2.75) is 52.1 Å². The number of aromatic nitrogens is 2. The lowest BCUT2D eigenvalue weighted by molar-refractivity contribution is 0.183. The molecule has 1 aromatic rings. The highest BCUT2D eigenvalue weighted by molar-refractivity contribution is 9.10. The van der Waals surface area contributed by atoms with E-state index in [4.69, 9.17) is 9.16 Å². The first-order valence-corrected chi connectivity index (χ1v) is 10.2. The van der Waals surface area contributed by atoms with E-state index in [1.54, 1.807) is 7.11 Å². The van der Waals surface area contributed by atoms with Crippen LogP contribution in [0.3, 0.4) is 0 Å². The predicted octanol–water partition coefficient (Wildman–Crippen LogP) is 3.81. The normalized spacial score (nSPS) is 13.0. The molecule has 19 heavy (non-hydrogen) atoms. The van der Waals surface area contributed by atoms with E-state index in [1.165, 1.54) is 0 Å². The smallest absolute Gasteiger partial charge is 0.192 e. The van der Waals surface area contributed by atoms with Crippen LogP contribution in [-0.4, -0.2) is 31.8 Å². The molecule has 1 aromatic heterocycles. The number of methoxy groups -OCH3 is 1. The van der Waals surface area contributed by atoms with Gasteiger partial charge in [0.25, 0.3) is 0 Å². The van der Waals surface area contributed by atoms with Crippen molar-refractivity contribution in [1.82, 2.24) is 9.78 Å². The Morgan fingerprint density at radius 3 is 2.53 bits per heavy atom. The summed E-state index contributed by atoms with van der Waals surface area (Å²) in [4.78, 5) is 0. The lowest BCUT2D eigenvalue weighted by Gasteiger charge is -2.35. The highest BCUT2D eigenvalue weighted by Gasteiger charge is 2.37. The van der Waals surface area contributed by atoms with Crippen LogP contribution in [0.25, 0.3) is 0 Å². The number of halogens is 1. The van der Waals surface area contributed by atoms with Crippen molar-refractivity contribution < 1.29 is 9.16 Å². The zero-order chi connectivity index (χ0) is 14.7. The molecule has 1 heterocycles. The molecule has 0 N–H and O–H groups in total. The number of hydrogen-bond acceptors (Lipinski definition) is 3. The van der Waals surface area contributed by atoms with Gasteiger partial charge in [0.1, 0.15) is 5.69 Å². The molecule has 0 spiro atoms. The fourth-order valence-corrected chi connectivity index (χ4v) is 2.66. The molecule has 0 amide bonds. The zero-order valence-corrected chi connectivity index (χ0v) is 15.4. The minimum atomic E-state index is -1.72. The second-order valence-electron chi connectivity index (χ2n) is 6.23. The summed E-state index contributed by atoms with van der Waals surface area (Å²) in [6.45, 7) is 13.2. The first-order chi connectivity index (χ1) is 8.67. The SMILES string of the molecule is COCCn1cc(Br)c(CO[Si](C)(C)C(C)(C)C)n1. The van der Waals surface area contributed by atoms with Crippen molar-refractivity contribution in [3.63, 3.8) is 0 Å². The Hall–Kier alpha value is -0.173. The highest BCUT2D eigenvalue weighted by atomic mass is 79.9. The maximum atomic E-state index is 6.18. The molecule has 0 aromatic carbocycles. The first-order valence-electron chi connectivity index (χ1n) is 6.52. The summed E-state index contributed by atoms with van der Waals surface area (Å²) >= 11 is 3.54. The van der Waals surface area contributed by atoms with E-state index in [0.29, 0.717) is 13.2 Å². The Kier molecular flexibility index (Phi) is 5.79. The summed E-state index contributed by atoms with van der Waals surface area (Å²) in [7, 11) is -0.0271. The Morgan fingerprint density at radius 2 is 2.00 bits per heavy atom. The lowest BCUT2D eigenvalue weighted by atomic mass is 10.2. The molecule has 0 bridgehead atoms. The number of ether oxygens (including phenoxy) is 1. The van der Waals surface area contributed by atoms with E-state index in [-0.39, 0.29) is 5.04 Å². The van der Waals surface area contributed by atoms with E-state index < -0.39 is 8.32 Å². The largest absolute Gasteiger partial charge is 0.411 e. The van der Waals surface area contributed by atoms with Crippen LogP contribution in [0.2, 0.25) is 18.1 Å². The fourth-order valence-electron chi connectivity index (χ4n) is 1.30. The quantitative estimate of drug-likeness (QED) is 0.733. The summed E-state index contributed by atoms with van der Waals surface area (Å²) in [6, 6.07) is 0. The molecule has 110 valence electrons. The van der Waals surface area contributed by atoms with Gasteiger partial charge in [0.05, 0.1) is 24.2 Å². The predicted molar refractivity (Wildman–Crippen MR) is 83.8 cm³/mol. The van der Waals surface area contributed by atoms with Crippen molar-refractivity contribution in [3.8, 4) is 0 Å². The number of rotatable bonds is 6. The van der Waals surface area contributed by atoms with Crippen LogP contribution in [0, 0.1) is 0 Å². The minimum absolute atomic E-state index is 0.220. The summed E-state index contributed by atoms with van der Waals surface area (Å²) in [5, 5.41) is 4.74. The third-order valence-electron chi connectivity index (χ3n) is 3.69. The number of nitrogens with zero attached hydrogens (tertiary/aromatic N) is 2. The van der Waals surface area contributed by atoms with E-state index in [9.17, 15) is 0 Å². The average molecular weight is 349 g/mol. The molecule has 0 aliphatic heterocycles. The van der Waals surface area contributed by atoms with Crippen molar-refractivity contribution in [3.05, 3.63) is 16.4 Å². The Balaban J connectivity index is 2.65. The van der Waals surface area contributed by atoms with Crippen LogP contribution < -0.4 is 0 Å². The molecular formula is C13H25BrN2O2Si. The summed E-state index contributed by atoms with van der Waals surface area (Å²) in [6.07, 6.45) is 1.98. The van der Waals surface area contributed by atoms with Gasteiger partial charge in [-0.05, 0) is 34.1 Å². The maximum absolute atomic E-state index is 6.18. The van der Waals surface area contributed by atoms with Crippen molar-refractivity contribution in [2.24, 2.45) is 0 Å². The van der Waals surface area contributed by atoms with Gasteiger partial charge >= 0.3 is 0 Å². The fraction of sp³-hybridized carbons (Fsp3) is 0.769. The molecule has 0 aliphatic carbocycles. The topological polar surface area (TPSA) is 36.3 Å². The van der Waals surface area contributed by atoms with Gasteiger partial charge in [0, 0.05) is 13.3 Å². The van der Waals surface area contributed by atoms with Gasteiger partial charge in [-0.15, -0.1) is 0 Å². The van der Waals surface area contributed by atoms with Gasteiger partial charge in [-0.25, -0.2) is 0 Å². The van der Waals surface area contributed by atoms with Gasteiger partial charge in [-0.3, -0.25) is 4.68 Å². The molecule has 0 atom stereocenters. The Morgan fingerprint density at radius 1 is 1.37 bits per heavy atom. The summed E-state index contributed by atoms with van der Waals surface area (Å²) < 4.78 is 14.1. The second-order valence-corrected chi connectivity index (χ2v) is 11.9. The Labute approximate surface area is 125 Å². The molecule has 1 rings (SSSR count). The van der Waals surface area contributed by atoms with E-state index in [0.717, 1.165) is 16.7 Å². The van der Waals surface area contributed by atoms with Crippen LogP contribution in [0.15, 0.2) is 10.7 Å². The van der Waals surface area contributed by atoms with Crippen molar-refractivity contribution in [2.75, 3.05) is 13.7 Å². The lowest BCUT2D eigenvalue weighted by Crippen LogP contribution is -2.40. The highest BCUT2D eigenvalue weighted by Crippen LogP contribution is 2.37. The second kappa shape index (κ2) is 6.52. The first kappa shape index (κ1) is 16.9. The third kappa shape index (κ3) is 4.70. The van der Waals surface area contributed by atoms with Crippen molar-refractivity contribution >= 4 is 24.2 Å². The summed E-state index contributed by atoms with van der Waals surface area (Å²) in [5.41, 5.74) is 0.959. The molecule has 0 saturated heterocycles. The maximum Gasteiger partial charge on any atom is 0.192 e.